The summed E-state index contributed by atoms with van der Waals surface area (Å²) >= 11 is 1.46. The van der Waals surface area contributed by atoms with Crippen molar-refractivity contribution in [2.45, 2.75) is 33.2 Å². The highest BCUT2D eigenvalue weighted by atomic mass is 32.1. The van der Waals surface area contributed by atoms with Crippen LogP contribution in [0.2, 0.25) is 0 Å². The maximum Gasteiger partial charge on any atom is 0.256 e. The zero-order valence-corrected chi connectivity index (χ0v) is 17.8. The van der Waals surface area contributed by atoms with Crippen LogP contribution in [-0.2, 0) is 0 Å². The van der Waals surface area contributed by atoms with Crippen molar-refractivity contribution in [3.63, 3.8) is 0 Å². The Morgan fingerprint density at radius 2 is 2.10 bits per heavy atom. The Kier molecular flexibility index (Phi) is 4.36. The number of thiophene rings is 1. The maximum atomic E-state index is 12.9. The molecule has 6 nitrogen and oxygen atoms in total. The second-order valence-electron chi connectivity index (χ2n) is 7.76. The Bertz CT molecular complexity index is 1320. The highest BCUT2D eigenvalue weighted by Gasteiger charge is 2.31. The highest BCUT2D eigenvalue weighted by molar-refractivity contribution is 7.20. The average Bonchev–Trinajstić information content (AvgIpc) is 3.24. The molecular formula is C23H21N3O3S. The Hall–Kier alpha value is -3.19. The van der Waals surface area contributed by atoms with Crippen LogP contribution in [0.5, 0.6) is 11.5 Å². The number of ether oxygens (including phenoxy) is 1. The van der Waals surface area contributed by atoms with Crippen molar-refractivity contribution < 1.29 is 14.3 Å². The van der Waals surface area contributed by atoms with Gasteiger partial charge in [0.2, 0.25) is 0 Å². The minimum Gasteiger partial charge on any atom is -0.455 e. The molecule has 1 aromatic carbocycles. The number of aromatic nitrogens is 2. The summed E-state index contributed by atoms with van der Waals surface area (Å²) in [4.78, 5) is 26.8. The van der Waals surface area contributed by atoms with Crippen LogP contribution in [-0.4, -0.2) is 39.3 Å². The number of fused-ring (bicyclic) bond motifs is 2. The first-order valence-electron chi connectivity index (χ1n) is 9.92. The monoisotopic (exact) mass is 419 g/mol. The second kappa shape index (κ2) is 6.95. The molecule has 30 heavy (non-hydrogen) atoms. The van der Waals surface area contributed by atoms with Gasteiger partial charge in [-0.15, -0.1) is 11.3 Å². The number of carbonyl (C=O) groups is 2. The molecule has 0 N–H and O–H groups in total. The minimum atomic E-state index is 0.0413. The summed E-state index contributed by atoms with van der Waals surface area (Å²) in [6, 6.07) is 7.92. The van der Waals surface area contributed by atoms with Gasteiger partial charge in [-0.3, -0.25) is 9.59 Å². The van der Waals surface area contributed by atoms with E-state index in [0.29, 0.717) is 17.1 Å². The molecule has 1 aliphatic heterocycles. The fraction of sp³-hybridized carbons (Fsp3) is 0.261. The largest absolute Gasteiger partial charge is 0.455 e. The average molecular weight is 420 g/mol. The molecule has 4 heterocycles. The number of nitrogens with zero attached hydrogens (tertiary/aromatic N) is 3. The Balaban J connectivity index is 1.54. The van der Waals surface area contributed by atoms with Gasteiger partial charge in [-0.1, -0.05) is 0 Å². The molecule has 0 bridgehead atoms. The van der Waals surface area contributed by atoms with Crippen LogP contribution in [0.15, 0.2) is 36.7 Å². The van der Waals surface area contributed by atoms with Crippen molar-refractivity contribution in [3.05, 3.63) is 58.2 Å². The lowest BCUT2D eigenvalue weighted by atomic mass is 10.0. The van der Waals surface area contributed by atoms with E-state index in [1.54, 1.807) is 16.9 Å². The number of likely N-dealkylation sites (tertiary alicyclic amines) is 1. The lowest BCUT2D eigenvalue weighted by Gasteiger charge is -2.38. The second-order valence-corrected chi connectivity index (χ2v) is 8.85. The van der Waals surface area contributed by atoms with E-state index in [1.807, 2.05) is 43.0 Å². The van der Waals surface area contributed by atoms with Gasteiger partial charge in [0, 0.05) is 29.5 Å². The summed E-state index contributed by atoms with van der Waals surface area (Å²) in [5, 5.41) is 5.43. The molecule has 1 atom stereocenters. The van der Waals surface area contributed by atoms with E-state index in [-0.39, 0.29) is 11.9 Å². The fourth-order valence-corrected chi connectivity index (χ4v) is 5.08. The first-order valence-corrected chi connectivity index (χ1v) is 10.7. The third-order valence-electron chi connectivity index (χ3n) is 5.98. The molecule has 5 rings (SSSR count). The number of aldehydes is 1. The molecule has 0 saturated carbocycles. The zero-order chi connectivity index (χ0) is 21.0. The van der Waals surface area contributed by atoms with Crippen LogP contribution in [0.4, 0.5) is 0 Å². The summed E-state index contributed by atoms with van der Waals surface area (Å²) in [7, 11) is 0. The molecule has 0 radical (unpaired) electrons. The maximum absolute atomic E-state index is 12.9. The van der Waals surface area contributed by atoms with Gasteiger partial charge in [-0.05, 0) is 61.9 Å². The Morgan fingerprint density at radius 1 is 1.27 bits per heavy atom. The van der Waals surface area contributed by atoms with Crippen LogP contribution in [0.1, 0.15) is 44.5 Å². The lowest BCUT2D eigenvalue weighted by Crippen LogP contribution is -2.49. The van der Waals surface area contributed by atoms with E-state index in [2.05, 4.69) is 12.0 Å². The molecule has 1 amide bonds. The van der Waals surface area contributed by atoms with Crippen LogP contribution >= 0.6 is 11.3 Å². The minimum absolute atomic E-state index is 0.0413. The topological polar surface area (TPSA) is 63.9 Å². The van der Waals surface area contributed by atoms with Crippen molar-refractivity contribution in [3.8, 4) is 11.5 Å². The Morgan fingerprint density at radius 3 is 2.80 bits per heavy atom. The predicted molar refractivity (Wildman–Crippen MR) is 117 cm³/mol. The van der Waals surface area contributed by atoms with Gasteiger partial charge in [0.25, 0.3) is 5.91 Å². The van der Waals surface area contributed by atoms with Gasteiger partial charge in [0.1, 0.15) is 11.3 Å². The summed E-state index contributed by atoms with van der Waals surface area (Å²) in [5.74, 6) is 1.36. The fourth-order valence-electron chi connectivity index (χ4n) is 4.02. The van der Waals surface area contributed by atoms with Crippen molar-refractivity contribution in [1.29, 1.82) is 0 Å². The van der Waals surface area contributed by atoms with E-state index in [1.165, 1.54) is 11.3 Å². The molecule has 1 saturated heterocycles. The summed E-state index contributed by atoms with van der Waals surface area (Å²) in [5.41, 5.74) is 3.29. The van der Waals surface area contributed by atoms with E-state index in [0.717, 1.165) is 50.9 Å². The first-order chi connectivity index (χ1) is 14.5. The SMILES string of the molecule is Cc1c(C=O)sc2cc(Oc3ccnn4cc(C(=O)N5CCC5C)c(C)c34)ccc12. The van der Waals surface area contributed by atoms with Gasteiger partial charge in [0.15, 0.2) is 12.0 Å². The third kappa shape index (κ3) is 2.81. The number of amides is 1. The smallest absolute Gasteiger partial charge is 0.256 e. The molecule has 1 unspecified atom stereocenters. The number of aryl methyl sites for hydroxylation is 2. The van der Waals surface area contributed by atoms with Gasteiger partial charge in [-0.2, -0.15) is 5.10 Å². The molecule has 1 fully saturated rings. The zero-order valence-electron chi connectivity index (χ0n) is 17.0. The number of rotatable bonds is 4. The lowest BCUT2D eigenvalue weighted by molar-refractivity contribution is 0.0501. The molecule has 152 valence electrons. The molecule has 3 aromatic heterocycles. The molecule has 0 spiro atoms. The predicted octanol–water partition coefficient (Wildman–Crippen LogP) is 5.01. The van der Waals surface area contributed by atoms with E-state index >= 15 is 0 Å². The molecule has 7 heteroatoms. The van der Waals surface area contributed by atoms with Crippen LogP contribution < -0.4 is 4.74 Å². The summed E-state index contributed by atoms with van der Waals surface area (Å²) < 4.78 is 8.93. The van der Waals surface area contributed by atoms with Crippen molar-refractivity contribution >= 4 is 39.1 Å². The van der Waals surface area contributed by atoms with Gasteiger partial charge in [0.05, 0.1) is 16.6 Å². The van der Waals surface area contributed by atoms with Crippen molar-refractivity contribution in [2.24, 2.45) is 0 Å². The van der Waals surface area contributed by atoms with Crippen LogP contribution in [0.3, 0.4) is 0 Å². The first kappa shape index (κ1) is 18.8. The number of carbonyl (C=O) groups excluding carboxylic acids is 2. The molecule has 4 aromatic rings. The molecular weight excluding hydrogens is 398 g/mol. The van der Waals surface area contributed by atoms with E-state index in [4.69, 9.17) is 4.74 Å². The summed E-state index contributed by atoms with van der Waals surface area (Å²) in [6.07, 6.45) is 5.39. The normalized spacial score (nSPS) is 16.1. The number of hydrogen-bond donors (Lipinski definition) is 0. The van der Waals surface area contributed by atoms with E-state index < -0.39 is 0 Å². The van der Waals surface area contributed by atoms with E-state index in [9.17, 15) is 9.59 Å². The highest BCUT2D eigenvalue weighted by Crippen LogP contribution is 2.36. The quantitative estimate of drug-likeness (QED) is 0.437. The standard InChI is InChI=1S/C23H21N3O3S/c1-13-7-9-25(13)23(28)18-11-26-22(15(18)3)19(6-8-24-26)29-16-4-5-17-14(2)21(12-27)30-20(17)10-16/h4-6,8,10-13H,7,9H2,1-3H3. The third-order valence-corrected chi connectivity index (χ3v) is 7.16. The van der Waals surface area contributed by atoms with Gasteiger partial charge >= 0.3 is 0 Å². The van der Waals surface area contributed by atoms with Crippen molar-refractivity contribution in [1.82, 2.24) is 14.5 Å². The van der Waals surface area contributed by atoms with Crippen LogP contribution in [0.25, 0.3) is 15.6 Å². The van der Waals surface area contributed by atoms with Gasteiger partial charge < -0.3 is 9.64 Å². The van der Waals surface area contributed by atoms with Crippen molar-refractivity contribution in [2.75, 3.05) is 6.54 Å². The Labute approximate surface area is 177 Å². The number of hydrogen-bond acceptors (Lipinski definition) is 5. The molecule has 0 aliphatic carbocycles. The number of benzene rings is 1. The van der Waals surface area contributed by atoms with Crippen LogP contribution in [0, 0.1) is 13.8 Å². The van der Waals surface area contributed by atoms with Gasteiger partial charge in [-0.25, -0.2) is 4.52 Å². The summed E-state index contributed by atoms with van der Waals surface area (Å²) in [6.45, 7) is 6.75. The molecule has 1 aliphatic rings.